The van der Waals surface area contributed by atoms with Crippen LogP contribution in [0.1, 0.15) is 52.0 Å². The average molecular weight is 477 g/mol. The van der Waals surface area contributed by atoms with Crippen LogP contribution in [-0.4, -0.2) is 35.4 Å². The average Bonchev–Trinajstić information content (AvgIpc) is 2.85. The molecule has 182 valence electrons. The van der Waals surface area contributed by atoms with E-state index in [4.69, 9.17) is 19.7 Å². The van der Waals surface area contributed by atoms with Crippen LogP contribution in [0.25, 0.3) is 0 Å². The molecule has 0 aliphatic rings. The van der Waals surface area contributed by atoms with E-state index in [9.17, 15) is 9.59 Å². The maximum Gasteiger partial charge on any atom is 0.335 e. The lowest BCUT2D eigenvalue weighted by molar-refractivity contribution is 0.0696. The summed E-state index contributed by atoms with van der Waals surface area (Å²) in [5.74, 6) is -1.37. The van der Waals surface area contributed by atoms with Crippen LogP contribution in [0.15, 0.2) is 77.0 Å². The van der Waals surface area contributed by atoms with Crippen molar-refractivity contribution >= 4 is 23.3 Å². The fourth-order valence-electron chi connectivity index (χ4n) is 3.20. The van der Waals surface area contributed by atoms with Crippen LogP contribution in [0.3, 0.4) is 0 Å². The van der Waals surface area contributed by atoms with Gasteiger partial charge in [-0.1, -0.05) is 17.7 Å². The number of aromatic carboxylic acids is 2. The number of hydrogen-bond donors (Lipinski definition) is 2. The summed E-state index contributed by atoms with van der Waals surface area (Å²) in [6, 6.07) is 19.1. The molecular weight excluding hydrogens is 448 g/mol. The summed E-state index contributed by atoms with van der Waals surface area (Å²) >= 11 is 0. The highest BCUT2D eigenvalue weighted by molar-refractivity contribution is 5.94. The van der Waals surface area contributed by atoms with Gasteiger partial charge in [0, 0.05) is 0 Å². The van der Waals surface area contributed by atoms with E-state index in [1.54, 1.807) is 0 Å². The molecule has 3 rings (SSSR count). The second-order valence-electron chi connectivity index (χ2n) is 8.00. The number of hydrogen-bond acceptors (Lipinski definition) is 6. The van der Waals surface area contributed by atoms with Crippen LogP contribution in [0.2, 0.25) is 0 Å². The molecule has 0 bridgehead atoms. The third kappa shape index (κ3) is 8.58. The predicted molar refractivity (Wildman–Crippen MR) is 132 cm³/mol. The van der Waals surface area contributed by atoms with E-state index in [2.05, 4.69) is 10.2 Å². The number of rotatable bonds is 13. The Balaban J connectivity index is 1.32. The number of carbonyl (C=O) groups is 2. The van der Waals surface area contributed by atoms with Crippen molar-refractivity contribution in [1.82, 2.24) is 0 Å². The lowest BCUT2D eigenvalue weighted by Crippen LogP contribution is -2.05. The van der Waals surface area contributed by atoms with Crippen LogP contribution in [0.5, 0.6) is 11.5 Å². The van der Waals surface area contributed by atoms with Gasteiger partial charge in [0.25, 0.3) is 0 Å². The molecule has 2 N–H and O–H groups in total. The second kappa shape index (κ2) is 12.9. The number of unbranched alkanes of at least 4 members (excludes halogenated alkanes) is 3. The highest BCUT2D eigenvalue weighted by atomic mass is 16.5. The number of nitrogens with zero attached hydrogens (tertiary/aromatic N) is 2. The summed E-state index contributed by atoms with van der Waals surface area (Å²) in [6.07, 6.45) is 3.50. The molecule has 0 radical (unpaired) electrons. The van der Waals surface area contributed by atoms with Gasteiger partial charge >= 0.3 is 11.9 Å². The van der Waals surface area contributed by atoms with Crippen molar-refractivity contribution in [3.8, 4) is 11.5 Å². The number of ether oxygens (including phenoxy) is 2. The summed E-state index contributed by atoms with van der Waals surface area (Å²) in [6.45, 7) is 2.99. The highest BCUT2D eigenvalue weighted by Crippen LogP contribution is 2.22. The standard InChI is InChI=1S/C27H28N2O6/c1-19-6-8-22(9-7-19)28-29-23-10-12-24(13-11-23)34-14-4-2-3-5-15-35-25-17-20(26(30)31)16-21(18-25)27(32)33/h6-13,16-18H,2-5,14-15H2,1H3,(H,30,31)(H,32,33). The maximum atomic E-state index is 11.1. The fourth-order valence-corrected chi connectivity index (χ4v) is 3.20. The maximum absolute atomic E-state index is 11.1. The summed E-state index contributed by atoms with van der Waals surface area (Å²) in [5, 5.41) is 26.7. The number of aryl methyl sites for hydroxylation is 1. The predicted octanol–water partition coefficient (Wildman–Crippen LogP) is 6.83. The van der Waals surface area contributed by atoms with E-state index in [-0.39, 0.29) is 16.9 Å². The van der Waals surface area contributed by atoms with Gasteiger partial charge in [0.05, 0.1) is 35.7 Å². The van der Waals surface area contributed by atoms with E-state index >= 15 is 0 Å². The fraction of sp³-hybridized carbons (Fsp3) is 0.259. The zero-order valence-corrected chi connectivity index (χ0v) is 19.5. The van der Waals surface area contributed by atoms with Gasteiger partial charge in [-0.2, -0.15) is 10.2 Å². The van der Waals surface area contributed by atoms with Gasteiger partial charge in [0.2, 0.25) is 0 Å². The van der Waals surface area contributed by atoms with Gasteiger partial charge < -0.3 is 19.7 Å². The quantitative estimate of drug-likeness (QED) is 0.206. The van der Waals surface area contributed by atoms with Crippen molar-refractivity contribution in [3.05, 3.63) is 83.4 Å². The first-order valence-electron chi connectivity index (χ1n) is 11.4. The molecule has 0 atom stereocenters. The first-order chi connectivity index (χ1) is 16.9. The van der Waals surface area contributed by atoms with Crippen molar-refractivity contribution in [3.63, 3.8) is 0 Å². The Morgan fingerprint density at radius 3 is 1.60 bits per heavy atom. The van der Waals surface area contributed by atoms with Gasteiger partial charge in [-0.25, -0.2) is 9.59 Å². The number of benzene rings is 3. The minimum atomic E-state index is -1.20. The van der Waals surface area contributed by atoms with Crippen molar-refractivity contribution in [1.29, 1.82) is 0 Å². The van der Waals surface area contributed by atoms with Crippen molar-refractivity contribution in [2.24, 2.45) is 10.2 Å². The van der Waals surface area contributed by atoms with E-state index in [1.165, 1.54) is 17.7 Å². The minimum absolute atomic E-state index is 0.112. The van der Waals surface area contributed by atoms with Crippen LogP contribution in [0, 0.1) is 6.92 Å². The molecule has 0 spiro atoms. The van der Waals surface area contributed by atoms with Crippen molar-refractivity contribution < 1.29 is 29.3 Å². The summed E-state index contributed by atoms with van der Waals surface area (Å²) in [7, 11) is 0. The summed E-state index contributed by atoms with van der Waals surface area (Å²) in [4.78, 5) is 22.3. The normalized spacial score (nSPS) is 10.9. The first kappa shape index (κ1) is 25.4. The van der Waals surface area contributed by atoms with Gasteiger partial charge in [-0.15, -0.1) is 0 Å². The molecule has 0 unspecified atom stereocenters. The molecule has 0 saturated heterocycles. The van der Waals surface area contributed by atoms with Crippen LogP contribution in [0.4, 0.5) is 11.4 Å². The monoisotopic (exact) mass is 476 g/mol. The third-order valence-electron chi connectivity index (χ3n) is 5.13. The molecule has 8 heteroatoms. The Morgan fingerprint density at radius 2 is 1.11 bits per heavy atom. The summed E-state index contributed by atoms with van der Waals surface area (Å²) in [5.41, 5.74) is 2.51. The van der Waals surface area contributed by atoms with Crippen LogP contribution >= 0.6 is 0 Å². The molecule has 3 aromatic rings. The Labute approximate surface area is 203 Å². The first-order valence-corrected chi connectivity index (χ1v) is 11.4. The van der Waals surface area contributed by atoms with Crippen molar-refractivity contribution in [2.75, 3.05) is 13.2 Å². The SMILES string of the molecule is Cc1ccc(N=Nc2ccc(OCCCCCCOc3cc(C(=O)O)cc(C(=O)O)c3)cc2)cc1. The Morgan fingerprint density at radius 1 is 0.657 bits per heavy atom. The molecule has 35 heavy (non-hydrogen) atoms. The number of carboxylic acid groups (broad SMARTS) is 2. The third-order valence-corrected chi connectivity index (χ3v) is 5.13. The topological polar surface area (TPSA) is 118 Å². The van der Waals surface area contributed by atoms with E-state index in [0.29, 0.717) is 13.2 Å². The van der Waals surface area contributed by atoms with Crippen LogP contribution in [-0.2, 0) is 0 Å². The number of carboxylic acids is 2. The van der Waals surface area contributed by atoms with E-state index in [0.717, 1.165) is 48.9 Å². The molecule has 8 nitrogen and oxygen atoms in total. The minimum Gasteiger partial charge on any atom is -0.494 e. The lowest BCUT2D eigenvalue weighted by atomic mass is 10.1. The molecule has 0 heterocycles. The zero-order chi connectivity index (χ0) is 25.0. The molecule has 0 aliphatic heterocycles. The van der Waals surface area contributed by atoms with E-state index in [1.807, 2.05) is 55.5 Å². The Kier molecular flexibility index (Phi) is 9.36. The highest BCUT2D eigenvalue weighted by Gasteiger charge is 2.12. The zero-order valence-electron chi connectivity index (χ0n) is 19.5. The largest absolute Gasteiger partial charge is 0.494 e. The van der Waals surface area contributed by atoms with Gasteiger partial charge in [0.15, 0.2) is 0 Å². The Hall–Kier alpha value is -4.20. The molecule has 0 saturated carbocycles. The molecule has 0 aliphatic carbocycles. The molecule has 0 amide bonds. The molecule has 0 aromatic heterocycles. The molecule has 3 aromatic carbocycles. The number of azo groups is 1. The van der Waals surface area contributed by atoms with E-state index < -0.39 is 11.9 Å². The van der Waals surface area contributed by atoms with Crippen molar-refractivity contribution in [2.45, 2.75) is 32.6 Å². The Bertz CT molecular complexity index is 1130. The van der Waals surface area contributed by atoms with Gasteiger partial charge in [0.1, 0.15) is 11.5 Å². The smallest absolute Gasteiger partial charge is 0.335 e. The second-order valence-corrected chi connectivity index (χ2v) is 8.00. The molecular formula is C27H28N2O6. The molecule has 0 fully saturated rings. The lowest BCUT2D eigenvalue weighted by Gasteiger charge is -2.09. The van der Waals surface area contributed by atoms with Crippen LogP contribution < -0.4 is 9.47 Å². The van der Waals surface area contributed by atoms with Gasteiger partial charge in [-0.05, 0) is 87.2 Å². The van der Waals surface area contributed by atoms with Gasteiger partial charge in [-0.3, -0.25) is 0 Å². The summed E-state index contributed by atoms with van der Waals surface area (Å²) < 4.78 is 11.3.